The van der Waals surface area contributed by atoms with Gasteiger partial charge in [0, 0.05) is 16.9 Å². The fourth-order valence-corrected chi connectivity index (χ4v) is 2.44. The Kier molecular flexibility index (Phi) is 2.18. The maximum atomic E-state index is 6.08. The first-order valence-electron chi connectivity index (χ1n) is 5.45. The van der Waals surface area contributed by atoms with Crippen LogP contribution in [0.4, 0.5) is 0 Å². The maximum absolute atomic E-state index is 6.08. The van der Waals surface area contributed by atoms with Crippen molar-refractivity contribution in [2.45, 2.75) is 52.0 Å². The molecule has 0 bridgehead atoms. The van der Waals surface area contributed by atoms with Crippen molar-refractivity contribution in [3.05, 3.63) is 22.5 Å². The fraction of sp³-hybridized carbons (Fsp3) is 0.667. The lowest BCUT2D eigenvalue weighted by molar-refractivity contribution is 0.514. The minimum Gasteiger partial charge on any atom is -0.362 e. The summed E-state index contributed by atoms with van der Waals surface area (Å²) in [6.45, 7) is 6.36. The van der Waals surface area contributed by atoms with Gasteiger partial charge in [-0.3, -0.25) is 0 Å². The SMILES string of the molecule is Cc1[nH]c2c(c1CC(C)(C)N)CCC2. The smallest absolute Gasteiger partial charge is 0.0184 e. The highest BCUT2D eigenvalue weighted by molar-refractivity contribution is 5.40. The highest BCUT2D eigenvalue weighted by atomic mass is 14.8. The van der Waals surface area contributed by atoms with E-state index in [0.29, 0.717) is 0 Å². The van der Waals surface area contributed by atoms with E-state index in [9.17, 15) is 0 Å². The minimum absolute atomic E-state index is 0.0939. The number of nitrogens with two attached hydrogens (primary N) is 1. The zero-order valence-electron chi connectivity index (χ0n) is 9.41. The molecule has 3 N–H and O–H groups in total. The van der Waals surface area contributed by atoms with Crippen LogP contribution in [0.2, 0.25) is 0 Å². The monoisotopic (exact) mass is 192 g/mol. The van der Waals surface area contributed by atoms with E-state index in [1.807, 2.05) is 0 Å². The van der Waals surface area contributed by atoms with Gasteiger partial charge in [0.1, 0.15) is 0 Å². The lowest BCUT2D eigenvalue weighted by atomic mass is 9.93. The van der Waals surface area contributed by atoms with E-state index < -0.39 is 0 Å². The molecule has 1 aromatic heterocycles. The summed E-state index contributed by atoms with van der Waals surface area (Å²) in [7, 11) is 0. The molecule has 0 unspecified atom stereocenters. The molecule has 0 fully saturated rings. The topological polar surface area (TPSA) is 41.8 Å². The van der Waals surface area contributed by atoms with Gasteiger partial charge in [-0.1, -0.05) is 0 Å². The van der Waals surface area contributed by atoms with E-state index >= 15 is 0 Å². The van der Waals surface area contributed by atoms with E-state index in [2.05, 4.69) is 25.8 Å². The Balaban J connectivity index is 2.33. The third-order valence-electron chi connectivity index (χ3n) is 3.01. The average Bonchev–Trinajstić information content (AvgIpc) is 2.54. The van der Waals surface area contributed by atoms with Gasteiger partial charge in [0.25, 0.3) is 0 Å². The summed E-state index contributed by atoms with van der Waals surface area (Å²) < 4.78 is 0. The number of H-pyrrole nitrogens is 1. The lowest BCUT2D eigenvalue weighted by Gasteiger charge is -2.19. The van der Waals surface area contributed by atoms with Crippen molar-refractivity contribution in [2.75, 3.05) is 0 Å². The Bertz CT molecular complexity index is 342. The molecule has 14 heavy (non-hydrogen) atoms. The molecule has 0 radical (unpaired) electrons. The van der Waals surface area contributed by atoms with Gasteiger partial charge in [-0.2, -0.15) is 0 Å². The molecule has 1 aromatic rings. The Labute approximate surface area is 85.9 Å². The number of aromatic amines is 1. The normalized spacial score (nSPS) is 16.0. The van der Waals surface area contributed by atoms with Crippen molar-refractivity contribution >= 4 is 0 Å². The van der Waals surface area contributed by atoms with Crippen LogP contribution in [0.25, 0.3) is 0 Å². The van der Waals surface area contributed by atoms with Gasteiger partial charge in [-0.15, -0.1) is 0 Å². The van der Waals surface area contributed by atoms with Crippen LogP contribution in [0.3, 0.4) is 0 Å². The first-order valence-corrected chi connectivity index (χ1v) is 5.45. The van der Waals surface area contributed by atoms with E-state index in [1.165, 1.54) is 36.2 Å². The highest BCUT2D eigenvalue weighted by Gasteiger charge is 2.23. The quantitative estimate of drug-likeness (QED) is 0.740. The molecule has 0 aliphatic heterocycles. The molecule has 0 saturated heterocycles. The molecule has 0 spiro atoms. The third kappa shape index (κ3) is 1.71. The first-order chi connectivity index (χ1) is 6.47. The van der Waals surface area contributed by atoms with E-state index in [-0.39, 0.29) is 5.54 Å². The van der Waals surface area contributed by atoms with E-state index in [1.54, 1.807) is 5.56 Å². The lowest BCUT2D eigenvalue weighted by Crippen LogP contribution is -2.34. The number of aromatic nitrogens is 1. The molecule has 1 heterocycles. The van der Waals surface area contributed by atoms with Crippen LogP contribution in [0, 0.1) is 6.92 Å². The predicted octanol–water partition coefficient (Wildman–Crippen LogP) is 2.09. The first kappa shape index (κ1) is 9.78. The van der Waals surface area contributed by atoms with Crippen LogP contribution < -0.4 is 5.73 Å². The summed E-state index contributed by atoms with van der Waals surface area (Å²) in [5, 5.41) is 0. The summed E-state index contributed by atoms with van der Waals surface area (Å²) in [6, 6.07) is 0. The molecule has 0 atom stereocenters. The minimum atomic E-state index is -0.0939. The van der Waals surface area contributed by atoms with Crippen LogP contribution >= 0.6 is 0 Å². The highest BCUT2D eigenvalue weighted by Crippen LogP contribution is 2.29. The Morgan fingerprint density at radius 2 is 2.07 bits per heavy atom. The van der Waals surface area contributed by atoms with Crippen LogP contribution in [0.1, 0.15) is 42.8 Å². The largest absolute Gasteiger partial charge is 0.362 e. The second kappa shape index (κ2) is 3.13. The summed E-state index contributed by atoms with van der Waals surface area (Å²) >= 11 is 0. The zero-order valence-corrected chi connectivity index (χ0v) is 9.41. The van der Waals surface area contributed by atoms with Gasteiger partial charge in [0.2, 0.25) is 0 Å². The number of rotatable bonds is 2. The second-order valence-corrected chi connectivity index (χ2v) is 5.20. The van der Waals surface area contributed by atoms with Gasteiger partial charge >= 0.3 is 0 Å². The van der Waals surface area contributed by atoms with Crippen molar-refractivity contribution < 1.29 is 0 Å². The third-order valence-corrected chi connectivity index (χ3v) is 3.01. The van der Waals surface area contributed by atoms with E-state index in [4.69, 9.17) is 5.73 Å². The standard InChI is InChI=1S/C12H20N2/c1-8-10(7-12(2,3)13)9-5-4-6-11(9)14-8/h14H,4-7,13H2,1-3H3. The van der Waals surface area contributed by atoms with Crippen molar-refractivity contribution in [1.82, 2.24) is 4.98 Å². The summed E-state index contributed by atoms with van der Waals surface area (Å²) in [6.07, 6.45) is 4.76. The van der Waals surface area contributed by atoms with Crippen molar-refractivity contribution in [1.29, 1.82) is 0 Å². The Hall–Kier alpha value is -0.760. The molecule has 1 aliphatic carbocycles. The van der Waals surface area contributed by atoms with Crippen LogP contribution in [0.15, 0.2) is 0 Å². The van der Waals surface area contributed by atoms with Crippen molar-refractivity contribution in [2.24, 2.45) is 5.73 Å². The summed E-state index contributed by atoms with van der Waals surface area (Å²) in [4.78, 5) is 3.49. The molecule has 0 aromatic carbocycles. The summed E-state index contributed by atoms with van der Waals surface area (Å²) in [5.41, 5.74) is 11.8. The van der Waals surface area contributed by atoms with Crippen LogP contribution in [-0.4, -0.2) is 10.5 Å². The van der Waals surface area contributed by atoms with E-state index in [0.717, 1.165) is 6.42 Å². The molecule has 0 amide bonds. The fourth-order valence-electron chi connectivity index (χ4n) is 2.44. The number of fused-ring (bicyclic) bond motifs is 1. The number of aryl methyl sites for hydroxylation is 2. The Morgan fingerprint density at radius 1 is 1.36 bits per heavy atom. The van der Waals surface area contributed by atoms with Gasteiger partial charge in [-0.05, 0) is 57.6 Å². The molecule has 1 aliphatic rings. The Morgan fingerprint density at radius 3 is 2.71 bits per heavy atom. The average molecular weight is 192 g/mol. The molecular formula is C12H20N2. The van der Waals surface area contributed by atoms with Gasteiger partial charge in [0.15, 0.2) is 0 Å². The summed E-state index contributed by atoms with van der Waals surface area (Å²) in [5.74, 6) is 0. The van der Waals surface area contributed by atoms with Crippen LogP contribution in [-0.2, 0) is 19.3 Å². The van der Waals surface area contributed by atoms with Gasteiger partial charge in [-0.25, -0.2) is 0 Å². The number of hydrogen-bond donors (Lipinski definition) is 2. The molecule has 2 nitrogen and oxygen atoms in total. The molecule has 0 saturated carbocycles. The van der Waals surface area contributed by atoms with Crippen molar-refractivity contribution in [3.8, 4) is 0 Å². The second-order valence-electron chi connectivity index (χ2n) is 5.20. The zero-order chi connectivity index (χ0) is 10.3. The molecular weight excluding hydrogens is 172 g/mol. The maximum Gasteiger partial charge on any atom is 0.0184 e. The van der Waals surface area contributed by atoms with Gasteiger partial charge in [0.05, 0.1) is 0 Å². The molecule has 2 heteroatoms. The van der Waals surface area contributed by atoms with Gasteiger partial charge < -0.3 is 10.7 Å². The predicted molar refractivity (Wildman–Crippen MR) is 59.5 cm³/mol. The molecule has 2 rings (SSSR count). The molecule has 78 valence electrons. The van der Waals surface area contributed by atoms with Crippen LogP contribution in [0.5, 0.6) is 0 Å². The van der Waals surface area contributed by atoms with Crippen molar-refractivity contribution in [3.63, 3.8) is 0 Å². The number of nitrogens with one attached hydrogen (secondary N) is 1. The number of hydrogen-bond acceptors (Lipinski definition) is 1.